The van der Waals surface area contributed by atoms with Crippen LogP contribution in [-0.2, 0) is 4.79 Å². The predicted octanol–water partition coefficient (Wildman–Crippen LogP) is 4.32. The highest BCUT2D eigenvalue weighted by atomic mass is 16.4. The van der Waals surface area contributed by atoms with Gasteiger partial charge in [-0.2, -0.15) is 0 Å². The zero-order chi connectivity index (χ0) is 12.4. The highest BCUT2D eigenvalue weighted by Gasteiger charge is 1.94. The molecule has 0 unspecified atom stereocenters. The first-order chi connectivity index (χ1) is 7.56. The van der Waals surface area contributed by atoms with E-state index in [4.69, 9.17) is 5.11 Å². The molecule has 2 nitrogen and oxygen atoms in total. The van der Waals surface area contributed by atoms with Crippen LogP contribution in [0.1, 0.15) is 59.3 Å². The number of rotatable bonds is 8. The molecule has 0 amide bonds. The molecule has 0 aromatic heterocycles. The zero-order valence-corrected chi connectivity index (χ0v) is 10.8. The average molecular weight is 224 g/mol. The van der Waals surface area contributed by atoms with E-state index in [0.29, 0.717) is 0 Å². The lowest BCUT2D eigenvalue weighted by molar-refractivity contribution is -0.131. The Labute approximate surface area is 99.1 Å². The molecule has 0 aliphatic carbocycles. The number of hydrogen-bond acceptors (Lipinski definition) is 1. The summed E-state index contributed by atoms with van der Waals surface area (Å²) in [7, 11) is 0. The van der Waals surface area contributed by atoms with E-state index in [1.807, 2.05) is 13.0 Å². The lowest BCUT2D eigenvalue weighted by Crippen LogP contribution is -1.89. The Kier molecular flexibility index (Phi) is 8.59. The largest absolute Gasteiger partial charge is 0.478 e. The molecule has 0 aromatic carbocycles. The summed E-state index contributed by atoms with van der Waals surface area (Å²) in [6, 6.07) is 0. The molecule has 0 atom stereocenters. The molecule has 0 saturated heterocycles. The quantitative estimate of drug-likeness (QED) is 0.378. The molecule has 0 fully saturated rings. The van der Waals surface area contributed by atoms with Gasteiger partial charge < -0.3 is 5.11 Å². The molecule has 0 heterocycles. The SMILES string of the molecule is CCCCCCCC(C)=CC(C)=CC(=O)O. The molecule has 0 saturated carbocycles. The molecular weight excluding hydrogens is 200 g/mol. The topological polar surface area (TPSA) is 37.3 Å². The van der Waals surface area contributed by atoms with Crippen molar-refractivity contribution in [3.05, 3.63) is 23.3 Å². The number of carboxylic acids is 1. The molecule has 0 aliphatic rings. The van der Waals surface area contributed by atoms with Crippen molar-refractivity contribution in [3.63, 3.8) is 0 Å². The number of hydrogen-bond donors (Lipinski definition) is 1. The van der Waals surface area contributed by atoms with E-state index < -0.39 is 5.97 Å². The first-order valence-corrected chi connectivity index (χ1v) is 6.14. The minimum Gasteiger partial charge on any atom is -0.478 e. The second-order valence-electron chi connectivity index (χ2n) is 4.38. The maximum Gasteiger partial charge on any atom is 0.328 e. The Morgan fingerprint density at radius 1 is 1.06 bits per heavy atom. The molecule has 0 bridgehead atoms. The van der Waals surface area contributed by atoms with Crippen LogP contribution >= 0.6 is 0 Å². The minimum atomic E-state index is -0.871. The highest BCUT2D eigenvalue weighted by molar-refractivity contribution is 5.81. The maximum absolute atomic E-state index is 10.4. The van der Waals surface area contributed by atoms with Gasteiger partial charge in [0.15, 0.2) is 0 Å². The fraction of sp³-hybridized carbons (Fsp3) is 0.643. The van der Waals surface area contributed by atoms with E-state index >= 15 is 0 Å². The number of allylic oxidation sites excluding steroid dienone is 3. The van der Waals surface area contributed by atoms with Crippen molar-refractivity contribution >= 4 is 5.97 Å². The van der Waals surface area contributed by atoms with Crippen molar-refractivity contribution in [2.45, 2.75) is 59.3 Å². The van der Waals surface area contributed by atoms with E-state index in [9.17, 15) is 4.79 Å². The van der Waals surface area contributed by atoms with Gasteiger partial charge >= 0.3 is 5.97 Å². The van der Waals surface area contributed by atoms with Gasteiger partial charge in [-0.05, 0) is 32.3 Å². The van der Waals surface area contributed by atoms with E-state index in [1.54, 1.807) is 0 Å². The summed E-state index contributed by atoms with van der Waals surface area (Å²) in [5.41, 5.74) is 2.09. The second-order valence-corrected chi connectivity index (χ2v) is 4.38. The van der Waals surface area contributed by atoms with Crippen LogP contribution in [-0.4, -0.2) is 11.1 Å². The third-order valence-corrected chi connectivity index (χ3v) is 2.50. The van der Waals surface area contributed by atoms with Crippen molar-refractivity contribution < 1.29 is 9.90 Å². The lowest BCUT2D eigenvalue weighted by atomic mass is 10.0. The van der Waals surface area contributed by atoms with Crippen LogP contribution < -0.4 is 0 Å². The van der Waals surface area contributed by atoms with Gasteiger partial charge in [-0.15, -0.1) is 0 Å². The van der Waals surface area contributed by atoms with E-state index in [-0.39, 0.29) is 0 Å². The molecular formula is C14H24O2. The van der Waals surface area contributed by atoms with Gasteiger partial charge in [-0.3, -0.25) is 0 Å². The molecule has 0 radical (unpaired) electrons. The van der Waals surface area contributed by atoms with Gasteiger partial charge in [0, 0.05) is 6.08 Å². The first kappa shape index (κ1) is 14.9. The van der Waals surface area contributed by atoms with Gasteiger partial charge in [-0.1, -0.05) is 44.3 Å². The summed E-state index contributed by atoms with van der Waals surface area (Å²) in [6.45, 7) is 6.11. The molecule has 0 aliphatic heterocycles. The highest BCUT2D eigenvalue weighted by Crippen LogP contribution is 2.12. The molecule has 0 aromatic rings. The van der Waals surface area contributed by atoms with Crippen LogP contribution in [0.3, 0.4) is 0 Å². The van der Waals surface area contributed by atoms with Crippen molar-refractivity contribution in [1.82, 2.24) is 0 Å². The van der Waals surface area contributed by atoms with Gasteiger partial charge in [0.05, 0.1) is 0 Å². The molecule has 0 spiro atoms. The van der Waals surface area contributed by atoms with Crippen LogP contribution in [0.15, 0.2) is 23.3 Å². The number of carboxylic acid groups (broad SMARTS) is 1. The third-order valence-electron chi connectivity index (χ3n) is 2.50. The molecule has 16 heavy (non-hydrogen) atoms. The van der Waals surface area contributed by atoms with Gasteiger partial charge in [-0.25, -0.2) is 4.79 Å². The summed E-state index contributed by atoms with van der Waals surface area (Å²) in [6.07, 6.45) is 10.7. The number of aliphatic carboxylic acids is 1. The molecule has 2 heteroatoms. The molecule has 92 valence electrons. The summed E-state index contributed by atoms with van der Waals surface area (Å²) in [4.78, 5) is 10.4. The van der Waals surface area contributed by atoms with Crippen LogP contribution in [0.2, 0.25) is 0 Å². The summed E-state index contributed by atoms with van der Waals surface area (Å²) >= 11 is 0. The Hall–Kier alpha value is -1.05. The normalized spacial score (nSPS) is 12.9. The predicted molar refractivity (Wildman–Crippen MR) is 68.5 cm³/mol. The van der Waals surface area contributed by atoms with Crippen molar-refractivity contribution in [3.8, 4) is 0 Å². The smallest absolute Gasteiger partial charge is 0.328 e. The third kappa shape index (κ3) is 9.50. The zero-order valence-electron chi connectivity index (χ0n) is 10.8. The first-order valence-electron chi connectivity index (χ1n) is 6.14. The number of carbonyl (C=O) groups is 1. The minimum absolute atomic E-state index is 0.818. The van der Waals surface area contributed by atoms with Gasteiger partial charge in [0.1, 0.15) is 0 Å². The van der Waals surface area contributed by atoms with Crippen molar-refractivity contribution in [1.29, 1.82) is 0 Å². The Morgan fingerprint density at radius 2 is 1.69 bits per heavy atom. The van der Waals surface area contributed by atoms with E-state index in [1.165, 1.54) is 43.8 Å². The Bertz CT molecular complexity index is 262. The number of unbranched alkanes of at least 4 members (excludes halogenated alkanes) is 4. The maximum atomic E-state index is 10.4. The van der Waals surface area contributed by atoms with Gasteiger partial charge in [0.25, 0.3) is 0 Å². The lowest BCUT2D eigenvalue weighted by Gasteiger charge is -2.01. The van der Waals surface area contributed by atoms with Gasteiger partial charge in [0.2, 0.25) is 0 Å². The van der Waals surface area contributed by atoms with Crippen LogP contribution in [0.25, 0.3) is 0 Å². The van der Waals surface area contributed by atoms with Crippen molar-refractivity contribution in [2.24, 2.45) is 0 Å². The van der Waals surface area contributed by atoms with Crippen LogP contribution in [0.5, 0.6) is 0 Å². The van der Waals surface area contributed by atoms with Crippen LogP contribution in [0, 0.1) is 0 Å². The monoisotopic (exact) mass is 224 g/mol. The fourth-order valence-corrected chi connectivity index (χ4v) is 1.70. The summed E-state index contributed by atoms with van der Waals surface area (Å²) < 4.78 is 0. The summed E-state index contributed by atoms with van der Waals surface area (Å²) in [5, 5.41) is 8.56. The van der Waals surface area contributed by atoms with E-state index in [0.717, 1.165) is 12.0 Å². The van der Waals surface area contributed by atoms with Crippen LogP contribution in [0.4, 0.5) is 0 Å². The molecule has 1 N–H and O–H groups in total. The molecule has 0 rings (SSSR count). The van der Waals surface area contributed by atoms with Crippen molar-refractivity contribution in [2.75, 3.05) is 0 Å². The standard InChI is InChI=1S/C14H24O2/c1-4-5-6-7-8-9-12(2)10-13(3)11-14(15)16/h10-11H,4-9H2,1-3H3,(H,15,16). The average Bonchev–Trinajstić information content (AvgIpc) is 2.15. The fourth-order valence-electron chi connectivity index (χ4n) is 1.70. The Morgan fingerprint density at radius 3 is 2.25 bits per heavy atom. The Balaban J connectivity index is 3.83. The summed E-state index contributed by atoms with van der Waals surface area (Å²) in [5.74, 6) is -0.871. The second kappa shape index (κ2) is 9.20. The van der Waals surface area contributed by atoms with E-state index in [2.05, 4.69) is 13.8 Å².